The molecule has 1 aromatic carbocycles. The molecule has 0 aliphatic rings. The minimum Gasteiger partial charge on any atom is -0.397 e. The number of alkyl halides is 2. The first kappa shape index (κ1) is 10.2. The zero-order chi connectivity index (χ0) is 10.7. The van der Waals surface area contributed by atoms with Gasteiger partial charge in [0.25, 0.3) is 6.43 Å². The number of benzene rings is 1. The first-order valence-electron chi connectivity index (χ1n) is 3.59. The maximum atomic E-state index is 12.1. The average Bonchev–Trinajstić information content (AvgIpc) is 2.07. The molecule has 3 N–H and O–H groups in total. The lowest BCUT2D eigenvalue weighted by Crippen LogP contribution is -2.09. The third-order valence-electron chi connectivity index (χ3n) is 1.54. The van der Waals surface area contributed by atoms with E-state index in [-0.39, 0.29) is 16.9 Å². The Hall–Kier alpha value is -1.92. The van der Waals surface area contributed by atoms with Gasteiger partial charge in [-0.25, -0.2) is 18.9 Å². The number of hydrazine groups is 1. The quantitative estimate of drug-likeness (QED) is 0.446. The second-order valence-corrected chi connectivity index (χ2v) is 2.52. The Balaban J connectivity index is 2.95. The highest BCUT2D eigenvalue weighted by Gasteiger charge is 2.10. The number of nitrogens with zero attached hydrogens (tertiary/aromatic N) is 1. The first-order chi connectivity index (χ1) is 6.50. The molecule has 0 fully saturated rings. The van der Waals surface area contributed by atoms with E-state index in [0.717, 1.165) is 18.2 Å². The van der Waals surface area contributed by atoms with Crippen LogP contribution < -0.4 is 11.2 Å². The van der Waals surface area contributed by atoms with Crippen molar-refractivity contribution in [1.82, 2.24) is 0 Å². The molecule has 1 aromatic rings. The highest BCUT2D eigenvalue weighted by molar-refractivity contribution is 5.65. The van der Waals surface area contributed by atoms with Crippen LogP contribution in [-0.4, -0.2) is 5.03 Å². The second kappa shape index (κ2) is 3.86. The van der Waals surface area contributed by atoms with Crippen LogP contribution in [0.2, 0.25) is 0 Å². The van der Waals surface area contributed by atoms with Crippen LogP contribution in [0.15, 0.2) is 18.2 Å². The minimum absolute atomic E-state index is 0.000556. The monoisotopic (exact) mass is 203 g/mol. The van der Waals surface area contributed by atoms with Gasteiger partial charge in [-0.3, -0.25) is 0 Å². The van der Waals surface area contributed by atoms with E-state index in [1.807, 2.05) is 0 Å². The van der Waals surface area contributed by atoms with Gasteiger partial charge in [0, 0.05) is 5.56 Å². The summed E-state index contributed by atoms with van der Waals surface area (Å²) in [7, 11) is 0. The molecule has 0 spiro atoms. The number of nitrogens with one attached hydrogen (secondary N) is 1. The largest absolute Gasteiger partial charge is 0.397 e. The molecule has 0 bridgehead atoms. The molecule has 0 aromatic heterocycles. The van der Waals surface area contributed by atoms with Gasteiger partial charge in [0.1, 0.15) is 5.69 Å². The van der Waals surface area contributed by atoms with E-state index in [4.69, 9.17) is 5.73 Å². The molecule has 0 radical (unpaired) electrons. The van der Waals surface area contributed by atoms with E-state index in [1.165, 1.54) is 0 Å². The van der Waals surface area contributed by atoms with Crippen LogP contribution in [-0.2, 0) is 0 Å². The minimum atomic E-state index is -2.64. The molecule has 0 amide bonds. The fourth-order valence-corrected chi connectivity index (χ4v) is 0.917. The molecule has 0 unspecified atom stereocenters. The molecule has 0 heterocycles. The predicted molar refractivity (Wildman–Crippen MR) is 46.4 cm³/mol. The predicted octanol–water partition coefficient (Wildman–Crippen LogP) is 1.81. The Kier molecular flexibility index (Phi) is 2.80. The first-order valence-corrected chi connectivity index (χ1v) is 3.59. The van der Waals surface area contributed by atoms with Crippen molar-refractivity contribution in [2.45, 2.75) is 6.43 Å². The van der Waals surface area contributed by atoms with Crippen molar-refractivity contribution < 1.29 is 13.8 Å². The highest BCUT2D eigenvalue weighted by atomic mass is 19.3. The van der Waals surface area contributed by atoms with Gasteiger partial charge in [0.05, 0.1) is 5.69 Å². The SMILES string of the molecule is Nc1cc(C(F)F)ccc1N[N+](=O)[O-]. The number of nitrogen functional groups attached to an aromatic ring is 1. The summed E-state index contributed by atoms with van der Waals surface area (Å²) in [6.07, 6.45) is -2.64. The maximum absolute atomic E-state index is 12.1. The zero-order valence-corrected chi connectivity index (χ0v) is 6.91. The van der Waals surface area contributed by atoms with Crippen LogP contribution >= 0.6 is 0 Å². The number of hydrogen-bond donors (Lipinski definition) is 2. The van der Waals surface area contributed by atoms with Crippen molar-refractivity contribution in [2.75, 3.05) is 11.2 Å². The summed E-state index contributed by atoms with van der Waals surface area (Å²) in [4.78, 5) is 10.0. The fourth-order valence-electron chi connectivity index (χ4n) is 0.917. The van der Waals surface area contributed by atoms with Gasteiger partial charge in [-0.1, -0.05) is 6.07 Å². The van der Waals surface area contributed by atoms with Gasteiger partial charge < -0.3 is 5.73 Å². The number of rotatable bonds is 3. The summed E-state index contributed by atoms with van der Waals surface area (Å²) in [5.74, 6) is 0. The molecule has 1 rings (SSSR count). The summed E-state index contributed by atoms with van der Waals surface area (Å²) >= 11 is 0. The second-order valence-electron chi connectivity index (χ2n) is 2.52. The Morgan fingerprint density at radius 2 is 2.14 bits per heavy atom. The molecular weight excluding hydrogens is 196 g/mol. The van der Waals surface area contributed by atoms with E-state index in [1.54, 1.807) is 5.43 Å². The molecule has 0 saturated carbocycles. The Labute approximate surface area is 77.6 Å². The Bertz CT molecular complexity index is 357. The summed E-state index contributed by atoms with van der Waals surface area (Å²) in [6, 6.07) is 3.21. The Morgan fingerprint density at radius 3 is 2.57 bits per heavy atom. The van der Waals surface area contributed by atoms with Crippen molar-refractivity contribution in [1.29, 1.82) is 0 Å². The van der Waals surface area contributed by atoms with Gasteiger partial charge in [-0.2, -0.15) is 0 Å². The summed E-state index contributed by atoms with van der Waals surface area (Å²) in [5.41, 5.74) is 6.75. The fraction of sp³-hybridized carbons (Fsp3) is 0.143. The van der Waals surface area contributed by atoms with Crippen molar-refractivity contribution in [3.8, 4) is 0 Å². The maximum Gasteiger partial charge on any atom is 0.263 e. The number of nitro groups is 1. The van der Waals surface area contributed by atoms with Gasteiger partial charge in [0.15, 0.2) is 5.03 Å². The number of halogens is 2. The van der Waals surface area contributed by atoms with Crippen LogP contribution in [0.1, 0.15) is 12.0 Å². The lowest BCUT2D eigenvalue weighted by Gasteiger charge is -2.04. The molecule has 14 heavy (non-hydrogen) atoms. The van der Waals surface area contributed by atoms with E-state index >= 15 is 0 Å². The van der Waals surface area contributed by atoms with Crippen molar-refractivity contribution in [3.63, 3.8) is 0 Å². The van der Waals surface area contributed by atoms with Crippen LogP contribution in [0.25, 0.3) is 0 Å². The van der Waals surface area contributed by atoms with Crippen molar-refractivity contribution in [2.24, 2.45) is 0 Å². The van der Waals surface area contributed by atoms with E-state index in [0.29, 0.717) is 0 Å². The third-order valence-corrected chi connectivity index (χ3v) is 1.54. The standard InChI is InChI=1S/C7H7F2N3O2/c8-7(9)4-1-2-6(5(10)3-4)11-12(13)14/h1-3,7,11H,10H2. The van der Waals surface area contributed by atoms with Crippen LogP contribution in [0, 0.1) is 10.1 Å². The summed E-state index contributed by atoms with van der Waals surface area (Å²) < 4.78 is 24.3. The topological polar surface area (TPSA) is 81.2 Å². The van der Waals surface area contributed by atoms with Crippen LogP contribution in [0.4, 0.5) is 20.2 Å². The molecule has 0 aliphatic carbocycles. The van der Waals surface area contributed by atoms with Crippen LogP contribution in [0.3, 0.4) is 0 Å². The van der Waals surface area contributed by atoms with Gasteiger partial charge in [-0.05, 0) is 12.1 Å². The zero-order valence-electron chi connectivity index (χ0n) is 6.91. The molecule has 76 valence electrons. The third kappa shape index (κ3) is 2.28. The van der Waals surface area contributed by atoms with E-state index in [2.05, 4.69) is 0 Å². The normalized spacial score (nSPS) is 10.2. The Morgan fingerprint density at radius 1 is 1.50 bits per heavy atom. The molecule has 0 saturated heterocycles. The van der Waals surface area contributed by atoms with Crippen LogP contribution in [0.5, 0.6) is 0 Å². The summed E-state index contributed by atoms with van der Waals surface area (Å²) in [6.45, 7) is 0. The number of anilines is 2. The van der Waals surface area contributed by atoms with Crippen molar-refractivity contribution in [3.05, 3.63) is 33.9 Å². The van der Waals surface area contributed by atoms with E-state index < -0.39 is 11.5 Å². The average molecular weight is 203 g/mol. The molecule has 0 atom stereocenters. The lowest BCUT2D eigenvalue weighted by atomic mass is 10.2. The molecule has 5 nitrogen and oxygen atoms in total. The lowest BCUT2D eigenvalue weighted by molar-refractivity contribution is -0.445. The van der Waals surface area contributed by atoms with Gasteiger partial charge in [-0.15, -0.1) is 5.43 Å². The number of nitrogens with two attached hydrogens (primary N) is 1. The van der Waals surface area contributed by atoms with E-state index in [9.17, 15) is 18.9 Å². The molecule has 0 aliphatic heterocycles. The molecule has 7 heteroatoms. The number of hydrogen-bond acceptors (Lipinski definition) is 3. The highest BCUT2D eigenvalue weighted by Crippen LogP contribution is 2.25. The van der Waals surface area contributed by atoms with Gasteiger partial charge >= 0.3 is 0 Å². The smallest absolute Gasteiger partial charge is 0.263 e. The van der Waals surface area contributed by atoms with Crippen molar-refractivity contribution >= 4 is 11.4 Å². The summed E-state index contributed by atoms with van der Waals surface area (Å²) in [5, 5.41) is 9.22. The van der Waals surface area contributed by atoms with Gasteiger partial charge in [0.2, 0.25) is 0 Å². The molecular formula is C7H7F2N3O2.